The highest BCUT2D eigenvalue weighted by molar-refractivity contribution is 7.90. The number of carbonyl (C=O) groups is 1. The number of alkyl halides is 3. The van der Waals surface area contributed by atoms with Crippen LogP contribution in [-0.4, -0.2) is 37.9 Å². The maximum absolute atomic E-state index is 12.5. The lowest BCUT2D eigenvalue weighted by molar-refractivity contribution is -0.165. The molecule has 2 aliphatic rings. The molecular weight excluding hydrogens is 385 g/mol. The average Bonchev–Trinajstić information content (AvgIpc) is 2.46. The molecule has 1 saturated heterocycles. The van der Waals surface area contributed by atoms with E-state index in [0.717, 1.165) is 12.5 Å². The van der Waals surface area contributed by atoms with Crippen molar-refractivity contribution in [1.29, 1.82) is 5.26 Å². The van der Waals surface area contributed by atoms with E-state index in [4.69, 9.17) is 5.26 Å². The van der Waals surface area contributed by atoms with Crippen LogP contribution in [0.15, 0.2) is 30.0 Å². The number of nitrogens with one attached hydrogen (secondary N) is 2. The number of nitriles is 1. The van der Waals surface area contributed by atoms with E-state index in [1.165, 1.54) is 22.5 Å². The van der Waals surface area contributed by atoms with Crippen molar-refractivity contribution in [3.63, 3.8) is 0 Å². The van der Waals surface area contributed by atoms with Crippen LogP contribution in [-0.2, 0) is 10.2 Å². The monoisotopic (exact) mass is 400 g/mol. The number of hydrogen-bond donors (Lipinski definition) is 2. The minimum Gasteiger partial charge on any atom is -0.326 e. The van der Waals surface area contributed by atoms with Crippen molar-refractivity contribution < 1.29 is 26.4 Å². The Morgan fingerprint density at radius 1 is 1.30 bits per heavy atom. The Bertz CT molecular complexity index is 947. The van der Waals surface area contributed by atoms with Crippen LogP contribution in [0.4, 0.5) is 18.9 Å². The lowest BCUT2D eigenvalue weighted by Gasteiger charge is -2.30. The highest BCUT2D eigenvalue weighted by Gasteiger charge is 2.43. The van der Waals surface area contributed by atoms with Gasteiger partial charge in [-0.2, -0.15) is 31.2 Å². The topological polar surface area (TPSA) is 102 Å². The van der Waals surface area contributed by atoms with Gasteiger partial charge in [-0.3, -0.25) is 9.52 Å². The Hall–Kier alpha value is -2.58. The number of nitrogens with zero attached hydrogens (tertiary/aromatic N) is 2. The molecule has 0 saturated carbocycles. The summed E-state index contributed by atoms with van der Waals surface area (Å²) < 4.78 is 65.5. The Morgan fingerprint density at radius 3 is 2.48 bits per heavy atom. The number of hydrogen-bond acceptors (Lipinski definition) is 4. The van der Waals surface area contributed by atoms with E-state index in [9.17, 15) is 26.4 Å². The van der Waals surface area contributed by atoms with Gasteiger partial charge in [0.1, 0.15) is 0 Å². The van der Waals surface area contributed by atoms with Crippen molar-refractivity contribution in [2.45, 2.75) is 19.0 Å². The van der Waals surface area contributed by atoms with Crippen molar-refractivity contribution in [2.75, 3.05) is 17.8 Å². The average molecular weight is 400 g/mol. The van der Waals surface area contributed by atoms with Crippen molar-refractivity contribution in [2.24, 2.45) is 5.92 Å². The Morgan fingerprint density at radius 2 is 1.96 bits per heavy atom. The van der Waals surface area contributed by atoms with E-state index < -0.39 is 28.2 Å². The number of carbonyl (C=O) groups excluding carboxylic acids is 1. The van der Waals surface area contributed by atoms with E-state index in [1.807, 2.05) is 6.07 Å². The molecule has 1 amide bonds. The first-order chi connectivity index (χ1) is 12.6. The summed E-state index contributed by atoms with van der Waals surface area (Å²) in [5.74, 6) is -2.36. The number of halogens is 3. The summed E-state index contributed by atoms with van der Waals surface area (Å²) in [4.78, 5) is 12.4. The molecule has 3 rings (SSSR count). The smallest absolute Gasteiger partial charge is 0.326 e. The largest absolute Gasteiger partial charge is 0.395 e. The number of rotatable bonds is 5. The molecule has 27 heavy (non-hydrogen) atoms. The van der Waals surface area contributed by atoms with Crippen molar-refractivity contribution in [1.82, 2.24) is 9.62 Å². The fraction of sp³-hybridized carbons (Fsp3) is 0.375. The second kappa shape index (κ2) is 6.86. The van der Waals surface area contributed by atoms with Gasteiger partial charge in [-0.1, -0.05) is 6.08 Å². The lowest BCUT2D eigenvalue weighted by atomic mass is 9.90. The van der Waals surface area contributed by atoms with E-state index in [2.05, 4.69) is 10.0 Å². The fourth-order valence-corrected chi connectivity index (χ4v) is 3.90. The number of amides is 1. The molecule has 0 aromatic heterocycles. The van der Waals surface area contributed by atoms with Gasteiger partial charge in [0.05, 0.1) is 28.8 Å². The molecule has 2 N–H and O–H groups in total. The minimum absolute atomic E-state index is 0.0885. The van der Waals surface area contributed by atoms with E-state index in [-0.39, 0.29) is 28.9 Å². The van der Waals surface area contributed by atoms with Crippen LogP contribution in [0.2, 0.25) is 0 Å². The maximum atomic E-state index is 12.5. The van der Waals surface area contributed by atoms with Crippen LogP contribution in [0, 0.1) is 17.2 Å². The molecule has 1 fully saturated rings. The van der Waals surface area contributed by atoms with Gasteiger partial charge in [0, 0.05) is 25.2 Å². The zero-order valence-electron chi connectivity index (χ0n) is 13.9. The third-order valence-electron chi connectivity index (χ3n) is 4.32. The summed E-state index contributed by atoms with van der Waals surface area (Å²) in [6.45, 7) is 0.695. The first-order valence-corrected chi connectivity index (χ1v) is 9.45. The first kappa shape index (κ1) is 19.2. The van der Waals surface area contributed by atoms with Crippen molar-refractivity contribution in [3.8, 4) is 6.07 Å². The van der Waals surface area contributed by atoms with Crippen LogP contribution in [0.1, 0.15) is 28.8 Å². The van der Waals surface area contributed by atoms with Crippen molar-refractivity contribution in [3.05, 3.63) is 41.1 Å². The lowest BCUT2D eigenvalue weighted by Crippen LogP contribution is -2.45. The summed E-state index contributed by atoms with van der Waals surface area (Å²) in [6.07, 6.45) is -3.08. The van der Waals surface area contributed by atoms with Crippen LogP contribution >= 0.6 is 0 Å². The van der Waals surface area contributed by atoms with Gasteiger partial charge in [-0.05, 0) is 24.6 Å². The molecule has 1 aromatic rings. The molecule has 1 unspecified atom stereocenters. The highest BCUT2D eigenvalue weighted by Crippen LogP contribution is 2.38. The SMILES string of the molecule is N#Cc1ccc(C(=O)NC2=CC(C(F)(F)F)C2)c(NS(=O)(=O)N2CCC2)c1. The maximum Gasteiger partial charge on any atom is 0.395 e. The molecule has 0 spiro atoms. The van der Waals surface area contributed by atoms with Crippen molar-refractivity contribution >= 4 is 21.8 Å². The second-order valence-electron chi connectivity index (χ2n) is 6.23. The standard InChI is InChI=1S/C16H15F3N4O3S/c17-16(18,19)11-7-12(8-11)21-15(24)13-3-2-10(9-20)6-14(13)22-27(25,26)23-4-1-5-23/h2-3,6-7,11,22H,1,4-5,8H2,(H,21,24). The summed E-state index contributed by atoms with van der Waals surface area (Å²) >= 11 is 0. The molecule has 1 aromatic carbocycles. The van der Waals surface area contributed by atoms with Crippen LogP contribution in [0.25, 0.3) is 0 Å². The minimum atomic E-state index is -4.36. The first-order valence-electron chi connectivity index (χ1n) is 8.01. The number of anilines is 1. The quantitative estimate of drug-likeness (QED) is 0.790. The summed E-state index contributed by atoms with van der Waals surface area (Å²) in [7, 11) is -3.88. The van der Waals surface area contributed by atoms with Gasteiger partial charge in [-0.25, -0.2) is 0 Å². The van der Waals surface area contributed by atoms with Gasteiger partial charge >= 0.3 is 16.4 Å². The fourth-order valence-electron chi connectivity index (χ4n) is 2.59. The molecule has 0 bridgehead atoms. The predicted molar refractivity (Wildman–Crippen MR) is 89.6 cm³/mol. The number of allylic oxidation sites excluding steroid dienone is 2. The third kappa shape index (κ3) is 4.06. The van der Waals surface area contributed by atoms with Gasteiger partial charge in [0.15, 0.2) is 0 Å². The van der Waals surface area contributed by atoms with Crippen LogP contribution < -0.4 is 10.0 Å². The third-order valence-corrected chi connectivity index (χ3v) is 5.85. The highest BCUT2D eigenvalue weighted by atomic mass is 32.2. The molecule has 144 valence electrons. The normalized spacial score (nSPS) is 19.9. The molecule has 1 heterocycles. The molecular formula is C16H15F3N4O3S. The number of benzene rings is 1. The molecule has 1 aliphatic carbocycles. The molecule has 7 nitrogen and oxygen atoms in total. The van der Waals surface area contributed by atoms with Gasteiger partial charge < -0.3 is 5.32 Å². The molecule has 0 radical (unpaired) electrons. The zero-order chi connectivity index (χ0) is 19.8. The predicted octanol–water partition coefficient (Wildman–Crippen LogP) is 2.12. The molecule has 11 heteroatoms. The summed E-state index contributed by atoms with van der Waals surface area (Å²) in [5, 5.41) is 11.3. The van der Waals surface area contributed by atoms with Crippen LogP contribution in [0.5, 0.6) is 0 Å². The summed E-state index contributed by atoms with van der Waals surface area (Å²) in [6, 6.07) is 5.63. The van der Waals surface area contributed by atoms with Gasteiger partial charge in [-0.15, -0.1) is 0 Å². The van der Waals surface area contributed by atoms with E-state index in [0.29, 0.717) is 13.1 Å². The van der Waals surface area contributed by atoms with E-state index >= 15 is 0 Å². The molecule has 1 atom stereocenters. The Labute approximate surface area is 153 Å². The second-order valence-corrected chi connectivity index (χ2v) is 7.90. The van der Waals surface area contributed by atoms with Gasteiger partial charge in [0.25, 0.3) is 5.91 Å². The van der Waals surface area contributed by atoms with Crippen LogP contribution in [0.3, 0.4) is 0 Å². The Kier molecular flexibility index (Phi) is 4.88. The molecule has 1 aliphatic heterocycles. The Balaban J connectivity index is 1.81. The zero-order valence-corrected chi connectivity index (χ0v) is 14.7. The van der Waals surface area contributed by atoms with Gasteiger partial charge in [0.2, 0.25) is 0 Å². The van der Waals surface area contributed by atoms with E-state index in [1.54, 1.807) is 0 Å². The summed E-state index contributed by atoms with van der Waals surface area (Å²) in [5.41, 5.74) is 0.0521.